The first-order valence-electron chi connectivity index (χ1n) is 8.11. The Morgan fingerprint density at radius 3 is 2.64 bits per heavy atom. The number of nitrogens with one attached hydrogen (secondary N) is 2. The van der Waals surface area contributed by atoms with Gasteiger partial charge in [0.2, 0.25) is 15.9 Å². The van der Waals surface area contributed by atoms with Gasteiger partial charge in [0.05, 0.1) is 18.6 Å². The van der Waals surface area contributed by atoms with Crippen molar-refractivity contribution in [2.24, 2.45) is 0 Å². The van der Waals surface area contributed by atoms with Gasteiger partial charge >= 0.3 is 0 Å². The number of halogens is 1. The number of ether oxygens (including phenoxy) is 2. The van der Waals surface area contributed by atoms with Crippen LogP contribution in [0.5, 0.6) is 11.5 Å². The van der Waals surface area contributed by atoms with Crippen LogP contribution in [0, 0.1) is 17.7 Å². The van der Waals surface area contributed by atoms with Crippen molar-refractivity contribution < 1.29 is 27.1 Å². The first-order valence-corrected chi connectivity index (χ1v) is 9.59. The summed E-state index contributed by atoms with van der Waals surface area (Å²) in [5, 5.41) is 2.63. The lowest BCUT2D eigenvalue weighted by atomic mass is 10.3. The predicted octanol–water partition coefficient (Wildman–Crippen LogP) is 2.15. The Bertz CT molecular complexity index is 1010. The first kappa shape index (κ1) is 21.2. The third-order valence-corrected chi connectivity index (χ3v) is 4.77. The summed E-state index contributed by atoms with van der Waals surface area (Å²) in [7, 11) is -2.60. The highest BCUT2D eigenvalue weighted by molar-refractivity contribution is 7.89. The SMILES string of the molecule is COc1ccc(S(=O)(=O)NCC#CCOc2cccc(NC(C)=O)c2)cc1F. The summed E-state index contributed by atoms with van der Waals surface area (Å²) in [6.45, 7) is 1.27. The molecule has 0 saturated heterocycles. The van der Waals surface area contributed by atoms with E-state index >= 15 is 0 Å². The highest BCUT2D eigenvalue weighted by atomic mass is 32.2. The molecule has 2 aromatic rings. The van der Waals surface area contributed by atoms with Crippen molar-refractivity contribution in [2.75, 3.05) is 25.6 Å². The second-order valence-electron chi connectivity index (χ2n) is 5.47. The molecule has 0 aliphatic carbocycles. The Kier molecular flexibility index (Phi) is 7.37. The molecule has 2 N–H and O–H groups in total. The van der Waals surface area contributed by atoms with Gasteiger partial charge < -0.3 is 14.8 Å². The Morgan fingerprint density at radius 2 is 1.96 bits per heavy atom. The number of carbonyl (C=O) groups excluding carboxylic acids is 1. The number of carbonyl (C=O) groups is 1. The van der Waals surface area contributed by atoms with E-state index in [0.29, 0.717) is 11.4 Å². The van der Waals surface area contributed by atoms with Crippen molar-refractivity contribution in [2.45, 2.75) is 11.8 Å². The van der Waals surface area contributed by atoms with Gasteiger partial charge in [-0.2, -0.15) is 4.72 Å². The highest BCUT2D eigenvalue weighted by Crippen LogP contribution is 2.20. The van der Waals surface area contributed by atoms with E-state index < -0.39 is 15.8 Å². The molecule has 1 amide bonds. The van der Waals surface area contributed by atoms with Crippen LogP contribution >= 0.6 is 0 Å². The molecular weight excluding hydrogens is 387 g/mol. The maximum Gasteiger partial charge on any atom is 0.241 e. The molecule has 0 heterocycles. The van der Waals surface area contributed by atoms with E-state index in [1.165, 1.54) is 26.2 Å². The number of methoxy groups -OCH3 is 1. The minimum Gasteiger partial charge on any atom is -0.494 e. The van der Waals surface area contributed by atoms with Crippen LogP contribution in [0.1, 0.15) is 6.92 Å². The summed E-state index contributed by atoms with van der Waals surface area (Å²) >= 11 is 0. The van der Waals surface area contributed by atoms with Crippen molar-refractivity contribution in [3.63, 3.8) is 0 Å². The van der Waals surface area contributed by atoms with Gasteiger partial charge in [-0.3, -0.25) is 4.79 Å². The van der Waals surface area contributed by atoms with Crippen LogP contribution in [0.2, 0.25) is 0 Å². The molecule has 148 valence electrons. The Labute approximate surface area is 162 Å². The fraction of sp³-hybridized carbons (Fsp3) is 0.211. The summed E-state index contributed by atoms with van der Waals surface area (Å²) in [5.74, 6) is 4.78. The molecule has 7 nitrogen and oxygen atoms in total. The molecule has 0 radical (unpaired) electrons. The number of benzene rings is 2. The topological polar surface area (TPSA) is 93.7 Å². The number of amides is 1. The van der Waals surface area contributed by atoms with Crippen molar-refractivity contribution in [3.8, 4) is 23.3 Å². The maximum atomic E-state index is 13.6. The minimum absolute atomic E-state index is 0.0302. The second-order valence-corrected chi connectivity index (χ2v) is 7.24. The third kappa shape index (κ3) is 6.26. The van der Waals surface area contributed by atoms with Crippen LogP contribution in [0.25, 0.3) is 0 Å². The lowest BCUT2D eigenvalue weighted by molar-refractivity contribution is -0.114. The Balaban J connectivity index is 1.86. The zero-order chi connectivity index (χ0) is 20.6. The van der Waals surface area contributed by atoms with Crippen LogP contribution in [0.3, 0.4) is 0 Å². The van der Waals surface area contributed by atoms with Crippen molar-refractivity contribution in [1.29, 1.82) is 0 Å². The maximum absolute atomic E-state index is 13.6. The predicted molar refractivity (Wildman–Crippen MR) is 102 cm³/mol. The molecule has 9 heteroatoms. The van der Waals surface area contributed by atoms with Crippen molar-refractivity contribution in [3.05, 3.63) is 48.3 Å². The van der Waals surface area contributed by atoms with E-state index in [0.717, 1.165) is 6.07 Å². The van der Waals surface area contributed by atoms with Gasteiger partial charge in [0.1, 0.15) is 12.4 Å². The smallest absolute Gasteiger partial charge is 0.241 e. The molecule has 0 aromatic heterocycles. The Hall–Kier alpha value is -3.09. The Morgan fingerprint density at radius 1 is 1.18 bits per heavy atom. The summed E-state index contributed by atoms with van der Waals surface area (Å²) in [4.78, 5) is 10.8. The normalized spacial score (nSPS) is 10.5. The standard InChI is InChI=1S/C19H19FN2O5S/c1-14(23)22-15-6-5-7-16(12-15)27-11-4-3-10-21-28(24,25)17-8-9-19(26-2)18(20)13-17/h5-9,12-13,21H,10-11H2,1-2H3,(H,22,23). The van der Waals surface area contributed by atoms with Gasteiger partial charge in [0.25, 0.3) is 0 Å². The summed E-state index contributed by atoms with van der Waals surface area (Å²) < 4.78 is 50.3. The van der Waals surface area contributed by atoms with Gasteiger partial charge in [-0.1, -0.05) is 17.9 Å². The van der Waals surface area contributed by atoms with E-state index in [9.17, 15) is 17.6 Å². The fourth-order valence-electron chi connectivity index (χ4n) is 2.13. The lowest BCUT2D eigenvalue weighted by Gasteiger charge is -2.06. The van der Waals surface area contributed by atoms with Crippen molar-refractivity contribution in [1.82, 2.24) is 4.72 Å². The van der Waals surface area contributed by atoms with Gasteiger partial charge in [-0.25, -0.2) is 12.8 Å². The van der Waals surface area contributed by atoms with Gasteiger partial charge in [0, 0.05) is 18.7 Å². The van der Waals surface area contributed by atoms with E-state index in [1.54, 1.807) is 24.3 Å². The van der Waals surface area contributed by atoms with E-state index in [1.807, 2.05) is 0 Å². The van der Waals surface area contributed by atoms with Crippen molar-refractivity contribution >= 4 is 21.6 Å². The number of hydrogen-bond donors (Lipinski definition) is 2. The van der Waals surface area contributed by atoms with Gasteiger partial charge in [-0.05, 0) is 30.3 Å². The molecule has 0 atom stereocenters. The summed E-state index contributed by atoms with van der Waals surface area (Å²) in [6.07, 6.45) is 0. The molecule has 0 aliphatic rings. The zero-order valence-electron chi connectivity index (χ0n) is 15.3. The van der Waals surface area contributed by atoms with Gasteiger partial charge in [0.15, 0.2) is 11.6 Å². The molecule has 0 spiro atoms. The largest absolute Gasteiger partial charge is 0.494 e. The van der Waals surface area contributed by atoms with Gasteiger partial charge in [-0.15, -0.1) is 0 Å². The molecular formula is C19H19FN2O5S. The summed E-state index contributed by atoms with van der Waals surface area (Å²) in [5.41, 5.74) is 0.595. The third-order valence-electron chi connectivity index (χ3n) is 3.37. The van der Waals surface area contributed by atoms with Crippen LogP contribution in [-0.2, 0) is 14.8 Å². The van der Waals surface area contributed by atoms with Crippen LogP contribution in [-0.4, -0.2) is 34.6 Å². The number of rotatable bonds is 7. The fourth-order valence-corrected chi connectivity index (χ4v) is 3.06. The van der Waals surface area contributed by atoms with E-state index in [2.05, 4.69) is 21.9 Å². The zero-order valence-corrected chi connectivity index (χ0v) is 16.1. The first-order chi connectivity index (χ1) is 13.3. The number of sulfonamides is 1. The quantitative estimate of drug-likeness (QED) is 0.688. The van der Waals surface area contributed by atoms with E-state index in [4.69, 9.17) is 9.47 Å². The highest BCUT2D eigenvalue weighted by Gasteiger charge is 2.15. The second kappa shape index (κ2) is 9.73. The lowest BCUT2D eigenvalue weighted by Crippen LogP contribution is -2.24. The monoisotopic (exact) mass is 406 g/mol. The van der Waals surface area contributed by atoms with Crippen LogP contribution in [0.15, 0.2) is 47.4 Å². The molecule has 0 fully saturated rings. The average Bonchev–Trinajstić information content (AvgIpc) is 2.64. The minimum atomic E-state index is -3.89. The molecule has 0 unspecified atom stereocenters. The number of anilines is 1. The molecule has 0 aliphatic heterocycles. The molecule has 2 rings (SSSR count). The summed E-state index contributed by atoms with van der Waals surface area (Å²) in [6, 6.07) is 10.1. The molecule has 0 saturated carbocycles. The average molecular weight is 406 g/mol. The van der Waals surface area contributed by atoms with Crippen LogP contribution in [0.4, 0.5) is 10.1 Å². The molecule has 2 aromatic carbocycles. The molecule has 0 bridgehead atoms. The van der Waals surface area contributed by atoms with Crippen LogP contribution < -0.4 is 19.5 Å². The number of hydrogen-bond acceptors (Lipinski definition) is 5. The molecule has 28 heavy (non-hydrogen) atoms. The van der Waals surface area contributed by atoms with E-state index in [-0.39, 0.29) is 29.7 Å².